The van der Waals surface area contributed by atoms with Crippen LogP contribution in [0.1, 0.15) is 19.4 Å². The van der Waals surface area contributed by atoms with Crippen molar-refractivity contribution in [3.8, 4) is 11.5 Å². The Morgan fingerprint density at radius 2 is 2.07 bits per heavy atom. The summed E-state index contributed by atoms with van der Waals surface area (Å²) in [5.41, 5.74) is 6.59. The number of aromatic hydroxyl groups is 1. The summed E-state index contributed by atoms with van der Waals surface area (Å²) in [4.78, 5) is 0. The highest BCUT2D eigenvalue weighted by Gasteiger charge is 2.17. The molecule has 0 fully saturated rings. The molecule has 1 rings (SSSR count). The molecule has 1 aromatic carbocycles. The predicted octanol–water partition coefficient (Wildman–Crippen LogP) is 2.44. The Hall–Kier alpha value is -0.740. The first-order valence-corrected chi connectivity index (χ1v) is 5.47. The van der Waals surface area contributed by atoms with E-state index in [0.29, 0.717) is 16.6 Å². The van der Waals surface area contributed by atoms with E-state index < -0.39 is 0 Å². The Balaban J connectivity index is 3.07. The van der Waals surface area contributed by atoms with Gasteiger partial charge in [-0.25, -0.2) is 0 Å². The number of phenols is 1. The summed E-state index contributed by atoms with van der Waals surface area (Å²) >= 11 is 3.34. The van der Waals surface area contributed by atoms with Gasteiger partial charge in [-0.3, -0.25) is 0 Å². The maximum atomic E-state index is 9.76. The number of hydrogen-bond acceptors (Lipinski definition) is 3. The molecule has 3 N–H and O–H groups in total. The highest BCUT2D eigenvalue weighted by molar-refractivity contribution is 9.10. The van der Waals surface area contributed by atoms with Gasteiger partial charge in [0.05, 0.1) is 11.6 Å². The smallest absolute Gasteiger partial charge is 0.172 e. The van der Waals surface area contributed by atoms with Crippen LogP contribution in [0.25, 0.3) is 0 Å². The second-order valence-corrected chi connectivity index (χ2v) is 5.05. The zero-order valence-electron chi connectivity index (χ0n) is 9.17. The minimum absolute atomic E-state index is 0.124. The van der Waals surface area contributed by atoms with Gasteiger partial charge in [-0.1, -0.05) is 6.07 Å². The van der Waals surface area contributed by atoms with Crippen molar-refractivity contribution >= 4 is 15.9 Å². The molecule has 4 heteroatoms. The first-order chi connectivity index (χ1) is 6.85. The lowest BCUT2D eigenvalue weighted by Crippen LogP contribution is -2.34. The number of rotatable bonds is 3. The Morgan fingerprint density at radius 1 is 1.47 bits per heavy atom. The van der Waals surface area contributed by atoms with Crippen LogP contribution in [0, 0.1) is 0 Å². The summed E-state index contributed by atoms with van der Waals surface area (Å²) in [5.74, 6) is 0.583. The minimum atomic E-state index is -0.302. The molecular weight excluding hydrogens is 258 g/mol. The van der Waals surface area contributed by atoms with E-state index in [0.717, 1.165) is 5.56 Å². The van der Waals surface area contributed by atoms with Gasteiger partial charge < -0.3 is 15.6 Å². The number of methoxy groups -OCH3 is 1. The molecule has 1 aromatic rings. The number of hydrogen-bond donors (Lipinski definition) is 2. The van der Waals surface area contributed by atoms with Crippen LogP contribution in [0.15, 0.2) is 16.6 Å². The molecule has 0 amide bonds. The number of halogens is 1. The molecule has 84 valence electrons. The standard InChI is InChI=1S/C11H16BrNO2/c1-11(2,13)6-7-4-5-8(15-3)10(14)9(7)12/h4-5,14H,6,13H2,1-3H3. The van der Waals surface area contributed by atoms with Crippen LogP contribution in [0.5, 0.6) is 11.5 Å². The molecule has 0 radical (unpaired) electrons. The fraction of sp³-hybridized carbons (Fsp3) is 0.455. The van der Waals surface area contributed by atoms with E-state index in [9.17, 15) is 5.11 Å². The van der Waals surface area contributed by atoms with Crippen LogP contribution in [0.4, 0.5) is 0 Å². The molecule has 0 aliphatic heterocycles. The zero-order chi connectivity index (χ0) is 11.6. The summed E-state index contributed by atoms with van der Waals surface area (Å²) in [6.45, 7) is 3.89. The highest BCUT2D eigenvalue weighted by Crippen LogP contribution is 2.37. The molecule has 0 bridgehead atoms. The topological polar surface area (TPSA) is 55.5 Å². The molecular formula is C11H16BrNO2. The van der Waals surface area contributed by atoms with Gasteiger partial charge >= 0.3 is 0 Å². The number of ether oxygens (including phenoxy) is 1. The molecule has 15 heavy (non-hydrogen) atoms. The van der Waals surface area contributed by atoms with Gasteiger partial charge in [0.25, 0.3) is 0 Å². The minimum Gasteiger partial charge on any atom is -0.503 e. The Labute approximate surface area is 98.4 Å². The van der Waals surface area contributed by atoms with Gasteiger partial charge in [0.15, 0.2) is 11.5 Å². The largest absolute Gasteiger partial charge is 0.503 e. The summed E-state index contributed by atoms with van der Waals surface area (Å²) in [6, 6.07) is 3.64. The molecule has 0 saturated carbocycles. The lowest BCUT2D eigenvalue weighted by Gasteiger charge is -2.20. The predicted molar refractivity (Wildman–Crippen MR) is 64.3 cm³/mol. The Bertz CT molecular complexity index is 358. The van der Waals surface area contributed by atoms with Crippen LogP contribution < -0.4 is 10.5 Å². The maximum absolute atomic E-state index is 9.76. The van der Waals surface area contributed by atoms with Crippen molar-refractivity contribution in [2.24, 2.45) is 5.73 Å². The van der Waals surface area contributed by atoms with Gasteiger partial charge in [-0.2, -0.15) is 0 Å². The van der Waals surface area contributed by atoms with Crippen molar-refractivity contribution in [1.29, 1.82) is 0 Å². The van der Waals surface area contributed by atoms with Gasteiger partial charge in [-0.05, 0) is 47.8 Å². The van der Waals surface area contributed by atoms with E-state index in [1.54, 1.807) is 6.07 Å². The molecule has 0 aromatic heterocycles. The Kier molecular flexibility index (Phi) is 3.62. The van der Waals surface area contributed by atoms with E-state index in [-0.39, 0.29) is 11.3 Å². The molecule has 0 aliphatic rings. The van der Waals surface area contributed by atoms with Crippen molar-refractivity contribution in [3.63, 3.8) is 0 Å². The van der Waals surface area contributed by atoms with Crippen LogP contribution in [0.2, 0.25) is 0 Å². The Morgan fingerprint density at radius 3 is 2.53 bits per heavy atom. The van der Waals surface area contributed by atoms with Gasteiger partial charge in [0.2, 0.25) is 0 Å². The third-order valence-electron chi connectivity index (χ3n) is 2.03. The SMILES string of the molecule is COc1ccc(CC(C)(C)N)c(Br)c1O. The average molecular weight is 274 g/mol. The highest BCUT2D eigenvalue weighted by atomic mass is 79.9. The fourth-order valence-corrected chi connectivity index (χ4v) is 1.85. The lowest BCUT2D eigenvalue weighted by atomic mass is 9.96. The van der Waals surface area contributed by atoms with Crippen LogP contribution in [-0.2, 0) is 6.42 Å². The molecule has 0 atom stereocenters. The second-order valence-electron chi connectivity index (χ2n) is 4.25. The van der Waals surface area contributed by atoms with E-state index in [1.807, 2.05) is 19.9 Å². The van der Waals surface area contributed by atoms with Gasteiger partial charge in [0, 0.05) is 5.54 Å². The van der Waals surface area contributed by atoms with Gasteiger partial charge in [-0.15, -0.1) is 0 Å². The zero-order valence-corrected chi connectivity index (χ0v) is 10.8. The third kappa shape index (κ3) is 3.11. The normalized spacial score (nSPS) is 11.5. The van der Waals surface area contributed by atoms with Crippen molar-refractivity contribution in [1.82, 2.24) is 0 Å². The van der Waals surface area contributed by atoms with Crippen molar-refractivity contribution in [2.45, 2.75) is 25.8 Å². The first-order valence-electron chi connectivity index (χ1n) is 4.68. The third-order valence-corrected chi connectivity index (χ3v) is 2.91. The molecule has 3 nitrogen and oxygen atoms in total. The maximum Gasteiger partial charge on any atom is 0.172 e. The molecule has 0 aliphatic carbocycles. The van der Waals surface area contributed by atoms with Crippen molar-refractivity contribution in [2.75, 3.05) is 7.11 Å². The van der Waals surface area contributed by atoms with Crippen LogP contribution >= 0.6 is 15.9 Å². The average Bonchev–Trinajstić information content (AvgIpc) is 2.11. The summed E-state index contributed by atoms with van der Waals surface area (Å²) in [6.07, 6.45) is 0.686. The first kappa shape index (κ1) is 12.3. The van der Waals surface area contributed by atoms with Crippen molar-refractivity contribution < 1.29 is 9.84 Å². The molecule has 0 spiro atoms. The summed E-state index contributed by atoms with van der Waals surface area (Å²) in [7, 11) is 1.52. The number of nitrogens with two attached hydrogens (primary N) is 1. The summed E-state index contributed by atoms with van der Waals surface area (Å²) < 4.78 is 5.65. The van der Waals surface area contributed by atoms with E-state index in [2.05, 4.69) is 15.9 Å². The van der Waals surface area contributed by atoms with Crippen molar-refractivity contribution in [3.05, 3.63) is 22.2 Å². The van der Waals surface area contributed by atoms with E-state index in [4.69, 9.17) is 10.5 Å². The van der Waals surface area contributed by atoms with Crippen LogP contribution in [-0.4, -0.2) is 17.8 Å². The number of benzene rings is 1. The number of phenolic OH excluding ortho intramolecular Hbond substituents is 1. The quantitative estimate of drug-likeness (QED) is 0.890. The monoisotopic (exact) mass is 273 g/mol. The molecule has 0 heterocycles. The molecule has 0 unspecified atom stereocenters. The lowest BCUT2D eigenvalue weighted by molar-refractivity contribution is 0.371. The fourth-order valence-electron chi connectivity index (χ4n) is 1.38. The molecule has 0 saturated heterocycles. The second kappa shape index (κ2) is 4.41. The van der Waals surface area contributed by atoms with E-state index in [1.165, 1.54) is 7.11 Å². The van der Waals surface area contributed by atoms with Gasteiger partial charge in [0.1, 0.15) is 0 Å². The summed E-state index contributed by atoms with van der Waals surface area (Å²) in [5, 5.41) is 9.76. The van der Waals surface area contributed by atoms with Crippen LogP contribution in [0.3, 0.4) is 0 Å². The van der Waals surface area contributed by atoms with E-state index >= 15 is 0 Å².